The molecule has 0 aromatic carbocycles. The zero-order valence-corrected chi connectivity index (χ0v) is 6.30. The number of likely N-dealkylation sites (N-methyl/N-ethyl adjacent to an activating group) is 1. The Morgan fingerprint density at radius 1 is 1.40 bits per heavy atom. The minimum absolute atomic E-state index is 0.174. The van der Waals surface area contributed by atoms with E-state index < -0.39 is 6.10 Å². The van der Waals surface area contributed by atoms with E-state index in [1.807, 2.05) is 7.05 Å². The van der Waals surface area contributed by atoms with Crippen LogP contribution in [0.4, 0.5) is 0 Å². The maximum Gasteiger partial charge on any atom is 0.0894 e. The summed E-state index contributed by atoms with van der Waals surface area (Å²) in [5, 5.41) is 23.1. The lowest BCUT2D eigenvalue weighted by molar-refractivity contribution is 0.0947. The molecule has 1 unspecified atom stereocenters. The van der Waals surface area contributed by atoms with Crippen molar-refractivity contribution in [3.05, 3.63) is 0 Å². The quantitative estimate of drug-likeness (QED) is 0.334. The topological polar surface area (TPSA) is 64.5 Å². The van der Waals surface area contributed by atoms with Gasteiger partial charge in [-0.1, -0.05) is 0 Å². The summed E-state index contributed by atoms with van der Waals surface area (Å²) in [7, 11) is 1.87. The third kappa shape index (κ3) is 5.97. The van der Waals surface area contributed by atoms with E-state index in [0.29, 0.717) is 6.54 Å². The molecule has 0 saturated carbocycles. The van der Waals surface area contributed by atoms with Gasteiger partial charge in [-0.05, 0) is 7.05 Å². The zero-order chi connectivity index (χ0) is 7.82. The predicted octanol–water partition coefficient (Wildman–Crippen LogP) is -1.85. The molecule has 0 aliphatic carbocycles. The Hall–Kier alpha value is -0.160. The molecule has 0 saturated heterocycles. The fourth-order valence-electron chi connectivity index (χ4n) is 0.547. The third-order valence-corrected chi connectivity index (χ3v) is 1.14. The van der Waals surface area contributed by atoms with Crippen molar-refractivity contribution in [2.45, 2.75) is 6.10 Å². The zero-order valence-electron chi connectivity index (χ0n) is 6.30. The monoisotopic (exact) mass is 148 g/mol. The van der Waals surface area contributed by atoms with Gasteiger partial charge < -0.3 is 20.8 Å². The van der Waals surface area contributed by atoms with Gasteiger partial charge >= 0.3 is 0 Å². The molecular weight excluding hydrogens is 132 g/mol. The predicted molar refractivity (Wildman–Crippen MR) is 39.9 cm³/mol. The maximum atomic E-state index is 8.82. The van der Waals surface area contributed by atoms with Crippen LogP contribution in [0.5, 0.6) is 0 Å². The van der Waals surface area contributed by atoms with Crippen LogP contribution in [0.3, 0.4) is 0 Å². The Labute approximate surface area is 61.3 Å². The number of hydrogen-bond acceptors (Lipinski definition) is 4. The average Bonchev–Trinajstić information content (AvgIpc) is 1.98. The Morgan fingerprint density at radius 2 is 2.10 bits per heavy atom. The van der Waals surface area contributed by atoms with E-state index in [1.54, 1.807) is 0 Å². The molecule has 0 amide bonds. The summed E-state index contributed by atoms with van der Waals surface area (Å²) in [6.07, 6.45) is -0.628. The minimum atomic E-state index is -0.628. The highest BCUT2D eigenvalue weighted by atomic mass is 16.3. The van der Waals surface area contributed by atoms with Crippen LogP contribution >= 0.6 is 0 Å². The Kier molecular flexibility index (Phi) is 6.84. The molecule has 0 rings (SSSR count). The van der Waals surface area contributed by atoms with Gasteiger partial charge in [0.25, 0.3) is 0 Å². The van der Waals surface area contributed by atoms with Crippen LogP contribution in [-0.2, 0) is 0 Å². The van der Waals surface area contributed by atoms with E-state index in [-0.39, 0.29) is 6.61 Å². The first kappa shape index (κ1) is 9.84. The van der Waals surface area contributed by atoms with E-state index in [2.05, 4.69) is 10.6 Å². The van der Waals surface area contributed by atoms with Crippen molar-refractivity contribution in [1.82, 2.24) is 10.6 Å². The largest absolute Gasteiger partial charge is 0.394 e. The smallest absolute Gasteiger partial charge is 0.0894 e. The van der Waals surface area contributed by atoms with Crippen LogP contribution in [0.2, 0.25) is 0 Å². The van der Waals surface area contributed by atoms with Crippen molar-refractivity contribution >= 4 is 0 Å². The van der Waals surface area contributed by atoms with Gasteiger partial charge in [-0.15, -0.1) is 0 Å². The highest BCUT2D eigenvalue weighted by Crippen LogP contribution is 1.74. The molecular formula is C6H16N2O2. The number of aliphatic hydroxyl groups excluding tert-OH is 2. The van der Waals surface area contributed by atoms with Gasteiger partial charge in [-0.3, -0.25) is 0 Å². The third-order valence-electron chi connectivity index (χ3n) is 1.14. The molecule has 0 radical (unpaired) electrons. The average molecular weight is 148 g/mol. The molecule has 0 heterocycles. The first-order valence-electron chi connectivity index (χ1n) is 3.45. The van der Waals surface area contributed by atoms with Gasteiger partial charge in [-0.2, -0.15) is 0 Å². The number of aliphatic hydroxyl groups is 2. The summed E-state index contributed by atoms with van der Waals surface area (Å²) in [5.74, 6) is 0. The molecule has 0 fully saturated rings. The molecule has 10 heavy (non-hydrogen) atoms. The minimum Gasteiger partial charge on any atom is -0.394 e. The van der Waals surface area contributed by atoms with E-state index >= 15 is 0 Å². The van der Waals surface area contributed by atoms with Crippen LogP contribution < -0.4 is 10.6 Å². The van der Waals surface area contributed by atoms with Crippen molar-refractivity contribution in [2.75, 3.05) is 33.3 Å². The Balaban J connectivity index is 2.89. The molecule has 0 aliphatic heterocycles. The Bertz CT molecular complexity index is 70.8. The van der Waals surface area contributed by atoms with Crippen LogP contribution in [-0.4, -0.2) is 49.6 Å². The van der Waals surface area contributed by atoms with Gasteiger partial charge in [0, 0.05) is 19.6 Å². The molecule has 0 spiro atoms. The summed E-state index contributed by atoms with van der Waals surface area (Å²) in [4.78, 5) is 0. The van der Waals surface area contributed by atoms with Crippen molar-refractivity contribution in [2.24, 2.45) is 0 Å². The summed E-state index contributed by atoms with van der Waals surface area (Å²) >= 11 is 0. The van der Waals surface area contributed by atoms with Crippen molar-refractivity contribution in [3.63, 3.8) is 0 Å². The van der Waals surface area contributed by atoms with Crippen molar-refractivity contribution < 1.29 is 10.2 Å². The second-order valence-electron chi connectivity index (χ2n) is 2.14. The summed E-state index contributed by atoms with van der Waals surface area (Å²) in [6.45, 7) is 1.97. The molecule has 4 heteroatoms. The van der Waals surface area contributed by atoms with Gasteiger partial charge in [0.2, 0.25) is 0 Å². The SMILES string of the molecule is CNCCNCC(O)CO. The number of rotatable bonds is 6. The lowest BCUT2D eigenvalue weighted by Crippen LogP contribution is -2.33. The van der Waals surface area contributed by atoms with Gasteiger partial charge in [0.15, 0.2) is 0 Å². The van der Waals surface area contributed by atoms with Crippen LogP contribution in [0.25, 0.3) is 0 Å². The van der Waals surface area contributed by atoms with Crippen LogP contribution in [0, 0.1) is 0 Å². The maximum absolute atomic E-state index is 8.82. The summed E-state index contributed by atoms with van der Waals surface area (Å²) in [6, 6.07) is 0. The van der Waals surface area contributed by atoms with Crippen molar-refractivity contribution in [3.8, 4) is 0 Å². The van der Waals surface area contributed by atoms with E-state index in [9.17, 15) is 0 Å². The lowest BCUT2D eigenvalue weighted by Gasteiger charge is -2.07. The van der Waals surface area contributed by atoms with E-state index in [1.165, 1.54) is 0 Å². The lowest BCUT2D eigenvalue weighted by atomic mass is 10.4. The summed E-state index contributed by atoms with van der Waals surface area (Å²) in [5.41, 5.74) is 0. The van der Waals surface area contributed by atoms with Crippen LogP contribution in [0.1, 0.15) is 0 Å². The van der Waals surface area contributed by atoms with Gasteiger partial charge in [0.1, 0.15) is 0 Å². The molecule has 0 aliphatic rings. The van der Waals surface area contributed by atoms with Gasteiger partial charge in [-0.25, -0.2) is 0 Å². The molecule has 0 aromatic heterocycles. The number of nitrogens with one attached hydrogen (secondary N) is 2. The first-order chi connectivity index (χ1) is 4.81. The molecule has 4 nitrogen and oxygen atoms in total. The van der Waals surface area contributed by atoms with Crippen LogP contribution in [0.15, 0.2) is 0 Å². The molecule has 0 bridgehead atoms. The normalized spacial score (nSPS) is 13.5. The molecule has 0 aromatic rings. The fourth-order valence-corrected chi connectivity index (χ4v) is 0.547. The van der Waals surface area contributed by atoms with Crippen molar-refractivity contribution in [1.29, 1.82) is 0 Å². The highest BCUT2D eigenvalue weighted by Gasteiger charge is 1.98. The first-order valence-corrected chi connectivity index (χ1v) is 3.45. The van der Waals surface area contributed by atoms with Gasteiger partial charge in [0.05, 0.1) is 12.7 Å². The molecule has 4 N–H and O–H groups in total. The second-order valence-corrected chi connectivity index (χ2v) is 2.14. The summed E-state index contributed by atoms with van der Waals surface area (Å²) < 4.78 is 0. The fraction of sp³-hybridized carbons (Fsp3) is 1.00. The van der Waals surface area contributed by atoms with E-state index in [4.69, 9.17) is 10.2 Å². The standard InChI is InChI=1S/C6H16N2O2/c1-7-2-3-8-4-6(10)5-9/h6-10H,2-5H2,1H3. The second kappa shape index (κ2) is 6.95. The highest BCUT2D eigenvalue weighted by molar-refractivity contribution is 4.57. The molecule has 62 valence electrons. The molecule has 1 atom stereocenters. The van der Waals surface area contributed by atoms with E-state index in [0.717, 1.165) is 13.1 Å². The number of hydrogen-bond donors (Lipinski definition) is 4. The Morgan fingerprint density at radius 3 is 2.60 bits per heavy atom.